The van der Waals surface area contributed by atoms with Crippen LogP contribution >= 0.6 is 0 Å². The smallest absolute Gasteiger partial charge is 0.252 e. The Bertz CT molecular complexity index is 456. The fraction of sp³-hybridized carbons (Fsp3) is 0.500. The summed E-state index contributed by atoms with van der Waals surface area (Å²) in [5.41, 5.74) is 1.43. The van der Waals surface area contributed by atoms with Crippen molar-refractivity contribution in [2.24, 2.45) is 0 Å². The molecule has 1 atom stereocenters. The van der Waals surface area contributed by atoms with Crippen molar-refractivity contribution in [3.05, 3.63) is 29.6 Å². The highest BCUT2D eigenvalue weighted by Crippen LogP contribution is 2.09. The number of nitrogens with one attached hydrogen (secondary N) is 2. The van der Waals surface area contributed by atoms with Crippen LogP contribution in [0.2, 0.25) is 0 Å². The Morgan fingerprint density at radius 3 is 3.05 bits per heavy atom. The molecule has 1 aromatic heterocycles. The van der Waals surface area contributed by atoms with Gasteiger partial charge in [-0.25, -0.2) is 0 Å². The number of hydrogen-bond donors (Lipinski definition) is 2. The van der Waals surface area contributed by atoms with E-state index in [0.29, 0.717) is 18.5 Å². The minimum atomic E-state index is -0.147. The highest BCUT2D eigenvalue weighted by atomic mass is 16.2. The van der Waals surface area contributed by atoms with Crippen molar-refractivity contribution in [3.8, 4) is 0 Å². The Morgan fingerprint density at radius 2 is 2.32 bits per heavy atom. The number of pyridine rings is 1. The van der Waals surface area contributed by atoms with Crippen LogP contribution in [0, 0.1) is 6.92 Å². The molecule has 102 valence electrons. The molecule has 1 fully saturated rings. The van der Waals surface area contributed by atoms with E-state index < -0.39 is 0 Å². The third-order valence-electron chi connectivity index (χ3n) is 3.25. The molecule has 1 unspecified atom stereocenters. The largest absolute Gasteiger partial charge is 0.352 e. The highest BCUT2D eigenvalue weighted by Gasteiger charge is 2.17. The lowest BCUT2D eigenvalue weighted by Gasteiger charge is -2.16. The summed E-state index contributed by atoms with van der Waals surface area (Å²) >= 11 is 0. The van der Waals surface area contributed by atoms with Crippen molar-refractivity contribution >= 4 is 11.8 Å². The van der Waals surface area contributed by atoms with Crippen molar-refractivity contribution in [1.82, 2.24) is 15.6 Å². The van der Waals surface area contributed by atoms with Crippen LogP contribution in [0.4, 0.5) is 0 Å². The van der Waals surface area contributed by atoms with Crippen molar-refractivity contribution in [2.75, 3.05) is 6.54 Å². The second-order valence-corrected chi connectivity index (χ2v) is 4.91. The lowest BCUT2D eigenvalue weighted by atomic mass is 10.1. The van der Waals surface area contributed by atoms with Gasteiger partial charge in [0.2, 0.25) is 5.91 Å². The van der Waals surface area contributed by atoms with Gasteiger partial charge in [0.25, 0.3) is 5.91 Å². The average Bonchev–Trinajstić information content (AvgIpc) is 2.61. The Balaban J connectivity index is 1.85. The summed E-state index contributed by atoms with van der Waals surface area (Å²) in [5, 5.41) is 5.77. The Hall–Kier alpha value is -1.91. The van der Waals surface area contributed by atoms with E-state index in [-0.39, 0.29) is 17.9 Å². The monoisotopic (exact) mass is 261 g/mol. The number of aromatic nitrogens is 1. The summed E-state index contributed by atoms with van der Waals surface area (Å²) in [7, 11) is 0. The molecule has 0 radical (unpaired) electrons. The van der Waals surface area contributed by atoms with Crippen LogP contribution in [-0.2, 0) is 4.79 Å². The normalized spacial score (nSPS) is 19.4. The zero-order chi connectivity index (χ0) is 13.7. The molecule has 19 heavy (non-hydrogen) atoms. The Morgan fingerprint density at radius 1 is 1.47 bits per heavy atom. The summed E-state index contributed by atoms with van der Waals surface area (Å²) in [6, 6.07) is 3.60. The molecule has 2 rings (SSSR count). The van der Waals surface area contributed by atoms with Crippen LogP contribution in [0.3, 0.4) is 0 Å². The summed E-state index contributed by atoms with van der Waals surface area (Å²) < 4.78 is 0. The molecule has 0 spiro atoms. The average molecular weight is 261 g/mol. The number of amides is 2. The Kier molecular flexibility index (Phi) is 4.49. The summed E-state index contributed by atoms with van der Waals surface area (Å²) in [5.74, 6) is -0.0697. The summed E-state index contributed by atoms with van der Waals surface area (Å²) in [6.07, 6.45) is 5.02. The zero-order valence-corrected chi connectivity index (χ0v) is 11.1. The van der Waals surface area contributed by atoms with Gasteiger partial charge in [0.05, 0.1) is 5.56 Å². The third kappa shape index (κ3) is 4.05. The number of nitrogens with zero attached hydrogens (tertiary/aromatic N) is 1. The van der Waals surface area contributed by atoms with E-state index >= 15 is 0 Å². The van der Waals surface area contributed by atoms with Crippen molar-refractivity contribution in [3.63, 3.8) is 0 Å². The topological polar surface area (TPSA) is 71.1 Å². The van der Waals surface area contributed by atoms with Crippen LogP contribution in [-0.4, -0.2) is 29.4 Å². The molecule has 0 aromatic carbocycles. The molecule has 5 nitrogen and oxygen atoms in total. The summed E-state index contributed by atoms with van der Waals surface area (Å²) in [6.45, 7) is 2.35. The van der Waals surface area contributed by atoms with Crippen LogP contribution in [0.5, 0.6) is 0 Å². The molecule has 0 saturated carbocycles. The molecule has 2 N–H and O–H groups in total. The van der Waals surface area contributed by atoms with E-state index in [1.807, 2.05) is 13.0 Å². The minimum absolute atomic E-state index is 0.0392. The molecule has 1 aromatic rings. The second-order valence-electron chi connectivity index (χ2n) is 4.91. The van der Waals surface area contributed by atoms with Crippen LogP contribution in [0.1, 0.15) is 41.7 Å². The molecule has 1 aliphatic rings. The second kappa shape index (κ2) is 6.31. The van der Waals surface area contributed by atoms with Crippen molar-refractivity contribution in [1.29, 1.82) is 0 Å². The predicted molar refractivity (Wildman–Crippen MR) is 71.7 cm³/mol. The minimum Gasteiger partial charge on any atom is -0.352 e. The fourth-order valence-corrected chi connectivity index (χ4v) is 2.12. The number of carbonyl (C=O) groups excluding carboxylic acids is 2. The van der Waals surface area contributed by atoms with Gasteiger partial charge in [-0.15, -0.1) is 0 Å². The molecule has 5 heteroatoms. The maximum absolute atomic E-state index is 11.9. The van der Waals surface area contributed by atoms with Gasteiger partial charge in [0.15, 0.2) is 0 Å². The highest BCUT2D eigenvalue weighted by molar-refractivity contribution is 5.93. The molecular formula is C14H19N3O2. The number of rotatable bonds is 3. The molecule has 0 aliphatic carbocycles. The number of carbonyl (C=O) groups is 2. The van der Waals surface area contributed by atoms with Gasteiger partial charge >= 0.3 is 0 Å². The van der Waals surface area contributed by atoms with Crippen LogP contribution < -0.4 is 10.6 Å². The molecular weight excluding hydrogens is 242 g/mol. The van der Waals surface area contributed by atoms with E-state index in [9.17, 15) is 9.59 Å². The van der Waals surface area contributed by atoms with Gasteiger partial charge in [0.1, 0.15) is 0 Å². The van der Waals surface area contributed by atoms with Gasteiger partial charge in [-0.1, -0.05) is 6.42 Å². The quantitative estimate of drug-likeness (QED) is 0.858. The zero-order valence-electron chi connectivity index (χ0n) is 11.1. The lowest BCUT2D eigenvalue weighted by molar-refractivity contribution is -0.121. The predicted octanol–water partition coefficient (Wildman–Crippen LogP) is 1.18. The molecule has 0 bridgehead atoms. The van der Waals surface area contributed by atoms with Crippen molar-refractivity contribution < 1.29 is 9.59 Å². The van der Waals surface area contributed by atoms with Crippen LogP contribution in [0.25, 0.3) is 0 Å². The lowest BCUT2D eigenvalue weighted by Crippen LogP contribution is -2.42. The molecule has 1 saturated heterocycles. The van der Waals surface area contributed by atoms with Gasteiger partial charge in [0, 0.05) is 30.9 Å². The first-order valence-corrected chi connectivity index (χ1v) is 6.65. The first-order chi connectivity index (χ1) is 9.15. The maximum Gasteiger partial charge on any atom is 0.252 e. The van der Waals surface area contributed by atoms with Crippen molar-refractivity contribution in [2.45, 2.75) is 38.6 Å². The van der Waals surface area contributed by atoms with Gasteiger partial charge < -0.3 is 10.6 Å². The third-order valence-corrected chi connectivity index (χ3v) is 3.25. The van der Waals surface area contributed by atoms with E-state index in [1.165, 1.54) is 0 Å². The van der Waals surface area contributed by atoms with Gasteiger partial charge in [-0.2, -0.15) is 0 Å². The first-order valence-electron chi connectivity index (χ1n) is 6.65. The van der Waals surface area contributed by atoms with E-state index in [0.717, 1.165) is 25.0 Å². The SMILES string of the molecule is Cc1ccc(C(=O)NCC2CCCCC(=O)N2)cn1. The number of aryl methyl sites for hydroxylation is 1. The molecule has 2 amide bonds. The Labute approximate surface area is 112 Å². The fourth-order valence-electron chi connectivity index (χ4n) is 2.12. The maximum atomic E-state index is 11.9. The van der Waals surface area contributed by atoms with Gasteiger partial charge in [-0.05, 0) is 31.9 Å². The molecule has 2 heterocycles. The van der Waals surface area contributed by atoms with Crippen LogP contribution in [0.15, 0.2) is 18.3 Å². The molecule has 1 aliphatic heterocycles. The number of hydrogen-bond acceptors (Lipinski definition) is 3. The first kappa shape index (κ1) is 13.5. The van der Waals surface area contributed by atoms with E-state index in [1.54, 1.807) is 12.3 Å². The van der Waals surface area contributed by atoms with Gasteiger partial charge in [-0.3, -0.25) is 14.6 Å². The standard InChI is InChI=1S/C14H19N3O2/c1-10-6-7-11(8-15-10)14(19)16-9-12-4-2-3-5-13(18)17-12/h6-8,12H,2-5,9H2,1H3,(H,16,19)(H,17,18). The summed E-state index contributed by atoms with van der Waals surface area (Å²) in [4.78, 5) is 27.4. The van der Waals surface area contributed by atoms with E-state index in [4.69, 9.17) is 0 Å². The van der Waals surface area contributed by atoms with E-state index in [2.05, 4.69) is 15.6 Å².